The van der Waals surface area contributed by atoms with Gasteiger partial charge in [0.2, 0.25) is 0 Å². The summed E-state index contributed by atoms with van der Waals surface area (Å²) in [6.45, 7) is 6.57. The Kier molecular flexibility index (Phi) is 6.20. The Morgan fingerprint density at radius 2 is 1.71 bits per heavy atom. The molecule has 0 aromatic heterocycles. The summed E-state index contributed by atoms with van der Waals surface area (Å²) in [5.74, 6) is 0. The standard InChI is InChI=1S/C14H23ClN2/c1-3-5-9-17(10-6-4-2)14-8-7-12(15)11-13(14)16/h7-8,11H,3-6,9-10,16H2,1-2H3. The number of nitrogens with two attached hydrogens (primary N) is 1. The van der Waals surface area contributed by atoms with E-state index in [1.165, 1.54) is 25.7 Å². The van der Waals surface area contributed by atoms with Gasteiger partial charge in [-0.05, 0) is 31.0 Å². The quantitative estimate of drug-likeness (QED) is 0.734. The molecule has 0 spiro atoms. The Bertz CT molecular complexity index is 331. The fourth-order valence-electron chi connectivity index (χ4n) is 1.86. The lowest BCUT2D eigenvalue weighted by atomic mass is 10.2. The summed E-state index contributed by atoms with van der Waals surface area (Å²) < 4.78 is 0. The number of benzene rings is 1. The first-order chi connectivity index (χ1) is 8.19. The van der Waals surface area contributed by atoms with Crippen LogP contribution < -0.4 is 10.6 Å². The van der Waals surface area contributed by atoms with Crippen LogP contribution in [0.5, 0.6) is 0 Å². The minimum Gasteiger partial charge on any atom is -0.397 e. The third kappa shape index (κ3) is 4.47. The van der Waals surface area contributed by atoms with Crippen LogP contribution in [0.15, 0.2) is 18.2 Å². The van der Waals surface area contributed by atoms with E-state index in [1.807, 2.05) is 18.2 Å². The predicted molar refractivity (Wildman–Crippen MR) is 77.9 cm³/mol. The van der Waals surface area contributed by atoms with Crippen LogP contribution in [0.2, 0.25) is 5.02 Å². The zero-order chi connectivity index (χ0) is 12.7. The third-order valence-corrected chi connectivity index (χ3v) is 3.13. The number of nitrogens with zero attached hydrogens (tertiary/aromatic N) is 1. The molecule has 0 aliphatic carbocycles. The van der Waals surface area contributed by atoms with Crippen molar-refractivity contribution in [3.63, 3.8) is 0 Å². The topological polar surface area (TPSA) is 29.3 Å². The maximum atomic E-state index is 6.04. The van der Waals surface area contributed by atoms with E-state index >= 15 is 0 Å². The molecule has 0 bridgehead atoms. The lowest BCUT2D eigenvalue weighted by Gasteiger charge is -2.26. The fourth-order valence-corrected chi connectivity index (χ4v) is 2.04. The van der Waals surface area contributed by atoms with E-state index in [0.717, 1.165) is 24.5 Å². The molecular formula is C14H23ClN2. The molecule has 17 heavy (non-hydrogen) atoms. The number of unbranched alkanes of at least 4 members (excludes halogenated alkanes) is 2. The normalized spacial score (nSPS) is 10.5. The Morgan fingerprint density at radius 1 is 1.12 bits per heavy atom. The van der Waals surface area contributed by atoms with E-state index in [-0.39, 0.29) is 0 Å². The molecule has 0 fully saturated rings. The molecule has 0 aliphatic heterocycles. The van der Waals surface area contributed by atoms with Gasteiger partial charge in [-0.3, -0.25) is 0 Å². The van der Waals surface area contributed by atoms with Crippen LogP contribution in [0, 0.1) is 0 Å². The minimum absolute atomic E-state index is 0.706. The molecule has 2 nitrogen and oxygen atoms in total. The van der Waals surface area contributed by atoms with E-state index in [2.05, 4.69) is 18.7 Å². The summed E-state index contributed by atoms with van der Waals surface area (Å²) in [7, 11) is 0. The summed E-state index contributed by atoms with van der Waals surface area (Å²) >= 11 is 5.93. The van der Waals surface area contributed by atoms with Gasteiger partial charge in [-0.2, -0.15) is 0 Å². The fraction of sp³-hybridized carbons (Fsp3) is 0.571. The van der Waals surface area contributed by atoms with Crippen LogP contribution in [0.4, 0.5) is 11.4 Å². The molecule has 96 valence electrons. The van der Waals surface area contributed by atoms with Crippen molar-refractivity contribution in [3.05, 3.63) is 23.2 Å². The Labute approximate surface area is 110 Å². The van der Waals surface area contributed by atoms with Gasteiger partial charge in [0.1, 0.15) is 0 Å². The maximum absolute atomic E-state index is 6.04. The second-order valence-electron chi connectivity index (χ2n) is 4.40. The molecule has 1 rings (SSSR count). The molecule has 0 heterocycles. The number of nitrogen functional groups attached to an aromatic ring is 1. The highest BCUT2D eigenvalue weighted by Crippen LogP contribution is 2.27. The van der Waals surface area contributed by atoms with Gasteiger partial charge in [-0.1, -0.05) is 38.3 Å². The highest BCUT2D eigenvalue weighted by molar-refractivity contribution is 6.31. The number of halogens is 1. The van der Waals surface area contributed by atoms with Crippen molar-refractivity contribution >= 4 is 23.0 Å². The molecule has 0 aliphatic rings. The molecule has 0 amide bonds. The predicted octanol–water partition coefficient (Wildman–Crippen LogP) is 4.33. The van der Waals surface area contributed by atoms with Crippen molar-refractivity contribution in [3.8, 4) is 0 Å². The molecule has 1 aromatic rings. The Morgan fingerprint density at radius 3 is 2.18 bits per heavy atom. The first-order valence-corrected chi connectivity index (χ1v) is 6.86. The number of rotatable bonds is 7. The number of hydrogen-bond donors (Lipinski definition) is 1. The average molecular weight is 255 g/mol. The van der Waals surface area contributed by atoms with Gasteiger partial charge in [0.15, 0.2) is 0 Å². The van der Waals surface area contributed by atoms with Crippen molar-refractivity contribution in [1.29, 1.82) is 0 Å². The molecule has 0 unspecified atom stereocenters. The lowest BCUT2D eigenvalue weighted by molar-refractivity contribution is 0.678. The molecular weight excluding hydrogens is 232 g/mol. The van der Waals surface area contributed by atoms with Crippen LogP contribution in [0.3, 0.4) is 0 Å². The highest BCUT2D eigenvalue weighted by atomic mass is 35.5. The zero-order valence-corrected chi connectivity index (χ0v) is 11.6. The van der Waals surface area contributed by atoms with Gasteiger partial charge in [-0.25, -0.2) is 0 Å². The molecule has 1 aromatic carbocycles. The summed E-state index contributed by atoms with van der Waals surface area (Å²) in [6, 6.07) is 5.78. The Balaban J connectivity index is 2.79. The van der Waals surface area contributed by atoms with Gasteiger partial charge in [0.25, 0.3) is 0 Å². The maximum Gasteiger partial charge on any atom is 0.0600 e. The number of anilines is 2. The van der Waals surface area contributed by atoms with Crippen molar-refractivity contribution in [2.24, 2.45) is 0 Å². The van der Waals surface area contributed by atoms with Crippen LogP contribution in [0.1, 0.15) is 39.5 Å². The van der Waals surface area contributed by atoms with E-state index < -0.39 is 0 Å². The number of hydrogen-bond acceptors (Lipinski definition) is 2. The molecule has 0 radical (unpaired) electrons. The van der Waals surface area contributed by atoms with E-state index in [0.29, 0.717) is 5.02 Å². The Hall–Kier alpha value is -0.890. The van der Waals surface area contributed by atoms with E-state index in [1.54, 1.807) is 0 Å². The first-order valence-electron chi connectivity index (χ1n) is 6.49. The van der Waals surface area contributed by atoms with Gasteiger partial charge in [-0.15, -0.1) is 0 Å². The molecule has 0 saturated heterocycles. The summed E-state index contributed by atoms with van der Waals surface area (Å²) in [6.07, 6.45) is 4.81. The summed E-state index contributed by atoms with van der Waals surface area (Å²) in [5.41, 5.74) is 7.94. The van der Waals surface area contributed by atoms with Gasteiger partial charge >= 0.3 is 0 Å². The van der Waals surface area contributed by atoms with Crippen molar-refractivity contribution in [2.75, 3.05) is 23.7 Å². The monoisotopic (exact) mass is 254 g/mol. The van der Waals surface area contributed by atoms with E-state index in [4.69, 9.17) is 17.3 Å². The first kappa shape index (κ1) is 14.2. The largest absolute Gasteiger partial charge is 0.397 e. The second kappa shape index (κ2) is 7.44. The molecule has 2 N–H and O–H groups in total. The molecule has 0 saturated carbocycles. The average Bonchev–Trinajstić information content (AvgIpc) is 2.30. The summed E-state index contributed by atoms with van der Waals surface area (Å²) in [4.78, 5) is 2.37. The van der Waals surface area contributed by atoms with Crippen LogP contribution in [-0.2, 0) is 0 Å². The van der Waals surface area contributed by atoms with Gasteiger partial charge < -0.3 is 10.6 Å². The zero-order valence-electron chi connectivity index (χ0n) is 10.9. The highest BCUT2D eigenvalue weighted by Gasteiger charge is 2.09. The van der Waals surface area contributed by atoms with Crippen LogP contribution in [0.25, 0.3) is 0 Å². The minimum atomic E-state index is 0.706. The third-order valence-electron chi connectivity index (χ3n) is 2.89. The molecule has 0 atom stereocenters. The summed E-state index contributed by atoms with van der Waals surface area (Å²) in [5, 5.41) is 0.706. The lowest BCUT2D eigenvalue weighted by Crippen LogP contribution is -2.26. The smallest absolute Gasteiger partial charge is 0.0600 e. The van der Waals surface area contributed by atoms with Gasteiger partial charge in [0.05, 0.1) is 11.4 Å². The van der Waals surface area contributed by atoms with Gasteiger partial charge in [0, 0.05) is 18.1 Å². The SMILES string of the molecule is CCCCN(CCCC)c1ccc(Cl)cc1N. The van der Waals surface area contributed by atoms with Crippen LogP contribution in [-0.4, -0.2) is 13.1 Å². The van der Waals surface area contributed by atoms with Crippen molar-refractivity contribution in [2.45, 2.75) is 39.5 Å². The van der Waals surface area contributed by atoms with Crippen LogP contribution >= 0.6 is 11.6 Å². The molecule has 3 heteroatoms. The van der Waals surface area contributed by atoms with Crippen molar-refractivity contribution < 1.29 is 0 Å². The second-order valence-corrected chi connectivity index (χ2v) is 4.83. The van der Waals surface area contributed by atoms with E-state index in [9.17, 15) is 0 Å². The van der Waals surface area contributed by atoms with Crippen molar-refractivity contribution in [1.82, 2.24) is 0 Å².